The van der Waals surface area contributed by atoms with Crippen LogP contribution < -0.4 is 0 Å². The monoisotopic (exact) mass is 432 g/mol. The fourth-order valence-corrected chi connectivity index (χ4v) is 5.47. The standard InChI is InChI=1S/C32H48/c1-13-15-17-29(31-25(9)21(5)19(3)22(6)26(31)10)30(18-16-14-2)32-27(11)23(7)20(4)24(8)28(32)12/h13-18H2,1-12H3/b30-29-. The molecule has 0 N–H and O–H groups in total. The van der Waals surface area contributed by atoms with E-state index in [0.29, 0.717) is 0 Å². The lowest BCUT2D eigenvalue weighted by molar-refractivity contribution is 0.806. The van der Waals surface area contributed by atoms with Gasteiger partial charge in [-0.15, -0.1) is 0 Å². The van der Waals surface area contributed by atoms with E-state index < -0.39 is 0 Å². The first-order valence-corrected chi connectivity index (χ1v) is 12.9. The lowest BCUT2D eigenvalue weighted by Gasteiger charge is -2.27. The molecule has 0 spiro atoms. The lowest BCUT2D eigenvalue weighted by atomic mass is 9.77. The van der Waals surface area contributed by atoms with Crippen LogP contribution in [-0.2, 0) is 0 Å². The first kappa shape index (κ1) is 26.4. The summed E-state index contributed by atoms with van der Waals surface area (Å²) in [5.74, 6) is 0. The van der Waals surface area contributed by atoms with Gasteiger partial charge in [-0.1, -0.05) is 26.7 Å². The molecule has 0 heteroatoms. The van der Waals surface area contributed by atoms with Crippen molar-refractivity contribution in [3.05, 3.63) is 66.8 Å². The van der Waals surface area contributed by atoms with Gasteiger partial charge in [-0.2, -0.15) is 0 Å². The zero-order valence-electron chi connectivity index (χ0n) is 23.2. The maximum absolute atomic E-state index is 2.36. The quantitative estimate of drug-likeness (QED) is 0.364. The van der Waals surface area contributed by atoms with Gasteiger partial charge in [-0.05, 0) is 173 Å². The highest BCUT2D eigenvalue weighted by Crippen LogP contribution is 2.42. The van der Waals surface area contributed by atoms with E-state index in [1.807, 2.05) is 0 Å². The smallest absolute Gasteiger partial charge is 0.0157 e. The SMILES string of the molecule is CCCC/C(=C(\CCCC)c1c(C)c(C)c(C)c(C)c1C)c1c(C)c(C)c(C)c(C)c1C. The van der Waals surface area contributed by atoms with Crippen molar-refractivity contribution >= 4 is 11.1 Å². The van der Waals surface area contributed by atoms with E-state index in [-0.39, 0.29) is 0 Å². The van der Waals surface area contributed by atoms with Crippen molar-refractivity contribution in [1.82, 2.24) is 0 Å². The number of benzene rings is 2. The number of allylic oxidation sites excluding steroid dienone is 2. The molecule has 0 aliphatic carbocycles. The largest absolute Gasteiger partial charge is 0.0654 e. The van der Waals surface area contributed by atoms with Crippen molar-refractivity contribution in [3.63, 3.8) is 0 Å². The maximum Gasteiger partial charge on any atom is -0.0157 e. The van der Waals surface area contributed by atoms with E-state index >= 15 is 0 Å². The molecule has 0 radical (unpaired) electrons. The van der Waals surface area contributed by atoms with Crippen LogP contribution in [0.4, 0.5) is 0 Å². The molecule has 0 saturated heterocycles. The topological polar surface area (TPSA) is 0 Å². The number of unbranched alkanes of at least 4 members (excludes halogenated alkanes) is 2. The molecule has 0 aliphatic rings. The molecule has 0 unspecified atom stereocenters. The van der Waals surface area contributed by atoms with Gasteiger partial charge in [-0.3, -0.25) is 0 Å². The zero-order valence-corrected chi connectivity index (χ0v) is 23.2. The molecule has 0 aromatic heterocycles. The average Bonchev–Trinajstić information content (AvgIpc) is 2.78. The van der Waals surface area contributed by atoms with Crippen molar-refractivity contribution < 1.29 is 0 Å². The highest BCUT2D eigenvalue weighted by Gasteiger charge is 2.22. The van der Waals surface area contributed by atoms with Crippen LogP contribution >= 0.6 is 0 Å². The molecule has 32 heavy (non-hydrogen) atoms. The van der Waals surface area contributed by atoms with E-state index in [1.165, 1.54) is 94.2 Å². The van der Waals surface area contributed by atoms with Gasteiger partial charge in [-0.25, -0.2) is 0 Å². The third-order valence-corrected chi connectivity index (χ3v) is 8.53. The van der Waals surface area contributed by atoms with Crippen LogP contribution in [0.5, 0.6) is 0 Å². The van der Waals surface area contributed by atoms with Gasteiger partial charge in [0.05, 0.1) is 0 Å². The molecular formula is C32H48. The number of hydrogen-bond acceptors (Lipinski definition) is 0. The fourth-order valence-electron chi connectivity index (χ4n) is 5.47. The Balaban J connectivity index is 3.07. The number of rotatable bonds is 8. The highest BCUT2D eigenvalue weighted by molar-refractivity contribution is 5.95. The van der Waals surface area contributed by atoms with Crippen LogP contribution in [0.3, 0.4) is 0 Å². The summed E-state index contributed by atoms with van der Waals surface area (Å²) in [6, 6.07) is 0. The van der Waals surface area contributed by atoms with Crippen molar-refractivity contribution in [2.45, 2.75) is 122 Å². The fraction of sp³-hybridized carbons (Fsp3) is 0.562. The second-order valence-electron chi connectivity index (χ2n) is 10.2. The van der Waals surface area contributed by atoms with E-state index in [0.717, 1.165) is 0 Å². The summed E-state index contributed by atoms with van der Waals surface area (Å²) in [5, 5.41) is 0. The molecule has 2 aromatic carbocycles. The lowest BCUT2D eigenvalue weighted by Crippen LogP contribution is -2.08. The molecule has 0 atom stereocenters. The second-order valence-corrected chi connectivity index (χ2v) is 10.2. The van der Waals surface area contributed by atoms with Crippen molar-refractivity contribution in [3.8, 4) is 0 Å². The molecule has 176 valence electrons. The molecule has 0 fully saturated rings. The molecule has 0 heterocycles. The molecule has 2 rings (SSSR count). The summed E-state index contributed by atoms with van der Waals surface area (Å²) in [6.07, 6.45) is 7.30. The molecule has 0 aliphatic heterocycles. The van der Waals surface area contributed by atoms with Crippen molar-refractivity contribution in [2.24, 2.45) is 0 Å². The van der Waals surface area contributed by atoms with Crippen molar-refractivity contribution in [2.75, 3.05) is 0 Å². The highest BCUT2D eigenvalue weighted by atomic mass is 14.3. The van der Waals surface area contributed by atoms with Crippen LogP contribution in [0.1, 0.15) is 119 Å². The Morgan fingerprint density at radius 3 is 0.812 bits per heavy atom. The van der Waals surface area contributed by atoms with Gasteiger partial charge in [0, 0.05) is 0 Å². The van der Waals surface area contributed by atoms with E-state index in [2.05, 4.69) is 83.1 Å². The Labute approximate surface area is 199 Å². The molecule has 0 nitrogen and oxygen atoms in total. The Hall–Kier alpha value is -1.82. The second kappa shape index (κ2) is 10.9. The number of hydrogen-bond donors (Lipinski definition) is 0. The minimum Gasteiger partial charge on any atom is -0.0654 e. The maximum atomic E-state index is 2.36. The van der Waals surface area contributed by atoms with Gasteiger partial charge >= 0.3 is 0 Å². The Bertz CT molecular complexity index is 885. The summed E-state index contributed by atoms with van der Waals surface area (Å²) in [6.45, 7) is 28.0. The van der Waals surface area contributed by atoms with Crippen molar-refractivity contribution in [1.29, 1.82) is 0 Å². The van der Waals surface area contributed by atoms with Crippen LogP contribution in [0.2, 0.25) is 0 Å². The molecular weight excluding hydrogens is 384 g/mol. The Morgan fingerprint density at radius 1 is 0.375 bits per heavy atom. The molecule has 0 saturated carbocycles. The van der Waals surface area contributed by atoms with Gasteiger partial charge in [0.25, 0.3) is 0 Å². The third-order valence-electron chi connectivity index (χ3n) is 8.53. The van der Waals surface area contributed by atoms with Crippen LogP contribution in [0, 0.1) is 69.2 Å². The third kappa shape index (κ3) is 4.75. The predicted octanol–water partition coefficient (Wildman–Crippen LogP) is 10.1. The summed E-state index contributed by atoms with van der Waals surface area (Å²) in [5.41, 5.74) is 21.1. The predicted molar refractivity (Wildman–Crippen MR) is 146 cm³/mol. The normalized spacial score (nSPS) is 12.4. The van der Waals surface area contributed by atoms with Gasteiger partial charge < -0.3 is 0 Å². The first-order chi connectivity index (χ1) is 15.0. The summed E-state index contributed by atoms with van der Waals surface area (Å²) < 4.78 is 0. The average molecular weight is 433 g/mol. The van der Waals surface area contributed by atoms with E-state index in [1.54, 1.807) is 22.3 Å². The van der Waals surface area contributed by atoms with Crippen LogP contribution in [0.25, 0.3) is 11.1 Å². The minimum absolute atomic E-state index is 1.17. The molecule has 0 bridgehead atoms. The first-order valence-electron chi connectivity index (χ1n) is 12.9. The summed E-state index contributed by atoms with van der Waals surface area (Å²) in [7, 11) is 0. The van der Waals surface area contributed by atoms with Gasteiger partial charge in [0.2, 0.25) is 0 Å². The Kier molecular flexibility index (Phi) is 8.98. The summed E-state index contributed by atoms with van der Waals surface area (Å²) in [4.78, 5) is 0. The van der Waals surface area contributed by atoms with Gasteiger partial charge in [0.15, 0.2) is 0 Å². The molecule has 2 aromatic rings. The van der Waals surface area contributed by atoms with Crippen LogP contribution in [-0.4, -0.2) is 0 Å². The van der Waals surface area contributed by atoms with E-state index in [9.17, 15) is 0 Å². The van der Waals surface area contributed by atoms with Crippen LogP contribution in [0.15, 0.2) is 0 Å². The Morgan fingerprint density at radius 2 is 0.594 bits per heavy atom. The van der Waals surface area contributed by atoms with Gasteiger partial charge in [0.1, 0.15) is 0 Å². The van der Waals surface area contributed by atoms with E-state index in [4.69, 9.17) is 0 Å². The summed E-state index contributed by atoms with van der Waals surface area (Å²) >= 11 is 0. The minimum atomic E-state index is 1.17. The molecule has 0 amide bonds. The zero-order chi connectivity index (χ0) is 24.3.